The quantitative estimate of drug-likeness (QED) is 0.330. The minimum atomic E-state index is -0.522. The third kappa shape index (κ3) is 6.53. The molecule has 0 unspecified atom stereocenters. The zero-order chi connectivity index (χ0) is 24.9. The summed E-state index contributed by atoms with van der Waals surface area (Å²) in [4.78, 5) is 39.5. The number of likely N-dealkylation sites (N-methyl/N-ethyl adjacent to an activating group) is 1. The number of rotatable bonds is 7. The van der Waals surface area contributed by atoms with Gasteiger partial charge in [0.15, 0.2) is 5.16 Å². The zero-order valence-corrected chi connectivity index (χ0v) is 21.5. The van der Waals surface area contributed by atoms with Crippen molar-refractivity contribution < 1.29 is 19.1 Å². The maximum absolute atomic E-state index is 13.3. The molecule has 1 aromatic heterocycles. The molecular weight excluding hydrogens is 454 g/mol. The van der Waals surface area contributed by atoms with Crippen LogP contribution in [0.1, 0.15) is 37.6 Å². The van der Waals surface area contributed by atoms with Crippen LogP contribution in [0.3, 0.4) is 0 Å². The molecule has 0 atom stereocenters. The molecule has 0 radical (unpaired) electrons. The molecule has 1 aromatic carbocycles. The summed E-state index contributed by atoms with van der Waals surface area (Å²) < 4.78 is 11.3. The van der Waals surface area contributed by atoms with Crippen molar-refractivity contribution in [2.75, 3.05) is 56.4 Å². The molecule has 2 amide bonds. The van der Waals surface area contributed by atoms with Crippen molar-refractivity contribution in [3.63, 3.8) is 0 Å². The lowest BCUT2D eigenvalue weighted by Crippen LogP contribution is -2.35. The van der Waals surface area contributed by atoms with E-state index in [1.807, 2.05) is 63.2 Å². The number of benzene rings is 1. The Morgan fingerprint density at radius 2 is 2.03 bits per heavy atom. The van der Waals surface area contributed by atoms with Gasteiger partial charge in [-0.3, -0.25) is 4.79 Å². The van der Waals surface area contributed by atoms with E-state index in [1.54, 1.807) is 23.0 Å². The first-order chi connectivity index (χ1) is 16.1. The van der Waals surface area contributed by atoms with E-state index < -0.39 is 5.60 Å². The second-order valence-electron chi connectivity index (χ2n) is 9.07. The van der Waals surface area contributed by atoms with Gasteiger partial charge in [0.25, 0.3) is 5.91 Å². The molecule has 3 rings (SSSR count). The standard InChI is InChI=1S/C24H33N5O4S/c1-24(2,3)33-23(31)28(5)11-8-14-32-18-10-7-9-17(15-18)29-13-12-27(4)20-19(21(29)30)16-25-22(26-20)34-6/h7,9-10,15-16H,8,11-14H2,1-6H3. The Hall–Kier alpha value is -3.01. The Balaban J connectivity index is 1.62. The summed E-state index contributed by atoms with van der Waals surface area (Å²) in [5.74, 6) is 1.17. The third-order valence-corrected chi connectivity index (χ3v) is 5.73. The van der Waals surface area contributed by atoms with Gasteiger partial charge >= 0.3 is 6.09 Å². The van der Waals surface area contributed by atoms with Crippen LogP contribution in [0.15, 0.2) is 35.6 Å². The zero-order valence-electron chi connectivity index (χ0n) is 20.7. The Bertz CT molecular complexity index is 1030. The SMILES string of the molecule is CSc1ncc2c(n1)N(C)CCN(c1cccc(OCCCN(C)C(=O)OC(C)(C)C)c1)C2=O. The molecule has 1 aliphatic rings. The van der Waals surface area contributed by atoms with Gasteiger partial charge in [0.1, 0.15) is 22.7 Å². The van der Waals surface area contributed by atoms with Crippen LogP contribution in [0.5, 0.6) is 5.75 Å². The highest BCUT2D eigenvalue weighted by molar-refractivity contribution is 7.98. The van der Waals surface area contributed by atoms with Crippen molar-refractivity contribution in [1.29, 1.82) is 0 Å². The van der Waals surface area contributed by atoms with Gasteiger partial charge in [-0.05, 0) is 45.6 Å². The number of carbonyl (C=O) groups excluding carboxylic acids is 2. The molecule has 9 nitrogen and oxygen atoms in total. The van der Waals surface area contributed by atoms with Crippen LogP contribution in [0.25, 0.3) is 0 Å². The summed E-state index contributed by atoms with van der Waals surface area (Å²) in [6, 6.07) is 7.48. The molecule has 34 heavy (non-hydrogen) atoms. The van der Waals surface area contributed by atoms with Crippen LogP contribution < -0.4 is 14.5 Å². The Labute approximate surface area is 205 Å². The van der Waals surface area contributed by atoms with E-state index >= 15 is 0 Å². The topological polar surface area (TPSA) is 88.1 Å². The van der Waals surface area contributed by atoms with Crippen LogP contribution in [0.2, 0.25) is 0 Å². The van der Waals surface area contributed by atoms with Gasteiger partial charge in [-0.2, -0.15) is 0 Å². The second kappa shape index (κ2) is 10.9. The van der Waals surface area contributed by atoms with Crippen LogP contribution in [0.4, 0.5) is 16.3 Å². The van der Waals surface area contributed by atoms with E-state index in [9.17, 15) is 9.59 Å². The molecule has 0 spiro atoms. The number of hydrogen-bond acceptors (Lipinski definition) is 8. The summed E-state index contributed by atoms with van der Waals surface area (Å²) in [5, 5.41) is 0.638. The van der Waals surface area contributed by atoms with Gasteiger partial charge in [-0.25, -0.2) is 14.8 Å². The minimum absolute atomic E-state index is 0.136. The van der Waals surface area contributed by atoms with Crippen molar-refractivity contribution in [3.8, 4) is 5.75 Å². The average Bonchev–Trinajstić information content (AvgIpc) is 2.91. The maximum Gasteiger partial charge on any atom is 0.410 e. The molecule has 0 saturated carbocycles. The summed E-state index contributed by atoms with van der Waals surface area (Å²) in [6.07, 6.45) is 3.81. The smallest absolute Gasteiger partial charge is 0.410 e. The number of nitrogens with zero attached hydrogens (tertiary/aromatic N) is 5. The lowest BCUT2D eigenvalue weighted by Gasteiger charge is -2.24. The summed E-state index contributed by atoms with van der Waals surface area (Å²) >= 11 is 1.45. The fourth-order valence-electron chi connectivity index (χ4n) is 3.41. The van der Waals surface area contributed by atoms with Gasteiger partial charge < -0.3 is 24.2 Å². The van der Waals surface area contributed by atoms with Crippen LogP contribution in [-0.2, 0) is 4.74 Å². The lowest BCUT2D eigenvalue weighted by atomic mass is 10.2. The number of fused-ring (bicyclic) bond motifs is 1. The molecule has 0 bridgehead atoms. The fraction of sp³-hybridized carbons (Fsp3) is 0.500. The van der Waals surface area contributed by atoms with Gasteiger partial charge in [0.2, 0.25) is 0 Å². The number of thioether (sulfide) groups is 1. The van der Waals surface area contributed by atoms with Crippen LogP contribution >= 0.6 is 11.8 Å². The predicted octanol–water partition coefficient (Wildman–Crippen LogP) is 3.93. The maximum atomic E-state index is 13.3. The van der Waals surface area contributed by atoms with Gasteiger partial charge in [-0.15, -0.1) is 0 Å². The van der Waals surface area contributed by atoms with Gasteiger partial charge in [0, 0.05) is 51.7 Å². The van der Waals surface area contributed by atoms with E-state index in [0.717, 1.165) is 5.69 Å². The third-order valence-electron chi connectivity index (χ3n) is 5.17. The van der Waals surface area contributed by atoms with Crippen molar-refractivity contribution in [1.82, 2.24) is 14.9 Å². The normalized spacial score (nSPS) is 13.9. The molecule has 1 aliphatic heterocycles. The molecule has 0 fully saturated rings. The van der Waals surface area contributed by atoms with Crippen molar-refractivity contribution in [2.45, 2.75) is 37.9 Å². The highest BCUT2D eigenvalue weighted by atomic mass is 32.2. The van der Waals surface area contributed by atoms with Crippen molar-refractivity contribution >= 4 is 35.3 Å². The van der Waals surface area contributed by atoms with E-state index in [2.05, 4.69) is 9.97 Å². The first kappa shape index (κ1) is 25.6. The molecule has 10 heteroatoms. The van der Waals surface area contributed by atoms with Crippen LogP contribution in [0, 0.1) is 0 Å². The number of hydrogen-bond donors (Lipinski definition) is 0. The summed E-state index contributed by atoms with van der Waals surface area (Å²) in [7, 11) is 3.64. The molecule has 0 saturated heterocycles. The Kier molecular flexibility index (Phi) is 8.24. The number of carbonyl (C=O) groups is 2. The van der Waals surface area contributed by atoms with Gasteiger partial charge in [0.05, 0.1) is 6.61 Å². The van der Waals surface area contributed by atoms with E-state index in [4.69, 9.17) is 9.47 Å². The van der Waals surface area contributed by atoms with E-state index in [1.165, 1.54) is 11.8 Å². The Morgan fingerprint density at radius 3 is 2.74 bits per heavy atom. The number of ether oxygens (including phenoxy) is 2. The molecule has 2 aromatic rings. The van der Waals surface area contributed by atoms with Crippen molar-refractivity contribution in [2.24, 2.45) is 0 Å². The lowest BCUT2D eigenvalue weighted by molar-refractivity contribution is 0.0292. The first-order valence-electron chi connectivity index (χ1n) is 11.2. The summed E-state index contributed by atoms with van der Waals surface area (Å²) in [5.41, 5.74) is 0.712. The fourth-order valence-corrected chi connectivity index (χ4v) is 3.75. The van der Waals surface area contributed by atoms with E-state index in [0.29, 0.717) is 54.9 Å². The predicted molar refractivity (Wildman–Crippen MR) is 134 cm³/mol. The highest BCUT2D eigenvalue weighted by Crippen LogP contribution is 2.28. The van der Waals surface area contributed by atoms with Crippen molar-refractivity contribution in [3.05, 3.63) is 36.0 Å². The molecule has 2 heterocycles. The minimum Gasteiger partial charge on any atom is -0.493 e. The number of anilines is 2. The highest BCUT2D eigenvalue weighted by Gasteiger charge is 2.28. The number of aromatic nitrogens is 2. The molecular formula is C24H33N5O4S. The summed E-state index contributed by atoms with van der Waals surface area (Å²) in [6.45, 7) is 7.64. The number of amides is 2. The monoisotopic (exact) mass is 487 g/mol. The molecule has 0 aliphatic carbocycles. The average molecular weight is 488 g/mol. The largest absolute Gasteiger partial charge is 0.493 e. The van der Waals surface area contributed by atoms with Gasteiger partial charge in [-0.1, -0.05) is 17.8 Å². The Morgan fingerprint density at radius 1 is 1.26 bits per heavy atom. The van der Waals surface area contributed by atoms with Crippen LogP contribution in [-0.4, -0.2) is 79.1 Å². The molecule has 0 N–H and O–H groups in total. The first-order valence-corrected chi connectivity index (χ1v) is 12.4. The second-order valence-corrected chi connectivity index (χ2v) is 9.85. The van der Waals surface area contributed by atoms with E-state index in [-0.39, 0.29) is 12.0 Å². The molecule has 184 valence electrons.